The van der Waals surface area contributed by atoms with Gasteiger partial charge in [0.15, 0.2) is 0 Å². The summed E-state index contributed by atoms with van der Waals surface area (Å²) in [6.45, 7) is 1.22. The fraction of sp³-hybridized carbons (Fsp3) is 0.350. The molecule has 2 aromatic rings. The summed E-state index contributed by atoms with van der Waals surface area (Å²) in [7, 11) is 1.67. The van der Waals surface area contributed by atoms with E-state index in [4.69, 9.17) is 16.3 Å². The molecule has 3 rings (SSSR count). The monoisotopic (exact) mass is 388 g/mol. The van der Waals surface area contributed by atoms with Crippen molar-refractivity contribution in [2.45, 2.75) is 19.3 Å². The zero-order valence-corrected chi connectivity index (χ0v) is 15.8. The Bertz CT molecular complexity index is 848. The maximum Gasteiger partial charge on any atom is 0.270 e. The average molecular weight is 389 g/mol. The molecule has 7 heteroatoms. The van der Waals surface area contributed by atoms with Crippen molar-refractivity contribution < 1.29 is 14.5 Å². The van der Waals surface area contributed by atoms with Gasteiger partial charge in [0, 0.05) is 25.2 Å². The third kappa shape index (κ3) is 4.39. The molecule has 0 unspecified atom stereocenters. The van der Waals surface area contributed by atoms with Crippen molar-refractivity contribution in [3.63, 3.8) is 0 Å². The van der Waals surface area contributed by atoms with Crippen LogP contribution < -0.4 is 4.74 Å². The number of ether oxygens (including phenoxy) is 1. The molecule has 0 saturated carbocycles. The van der Waals surface area contributed by atoms with E-state index in [0.29, 0.717) is 19.0 Å². The highest BCUT2D eigenvalue weighted by atomic mass is 35.5. The van der Waals surface area contributed by atoms with Crippen molar-refractivity contribution in [3.05, 3.63) is 68.7 Å². The number of methoxy groups -OCH3 is 1. The van der Waals surface area contributed by atoms with Crippen LogP contribution in [0, 0.1) is 16.0 Å². The summed E-state index contributed by atoms with van der Waals surface area (Å²) in [5.74, 6) is 1.10. The second-order valence-electron chi connectivity index (χ2n) is 6.67. The molecule has 0 aromatic heterocycles. The van der Waals surface area contributed by atoms with E-state index < -0.39 is 4.92 Å². The molecule has 0 N–H and O–H groups in total. The van der Waals surface area contributed by atoms with Crippen molar-refractivity contribution in [3.8, 4) is 5.75 Å². The van der Waals surface area contributed by atoms with Gasteiger partial charge in [0.05, 0.1) is 22.6 Å². The summed E-state index contributed by atoms with van der Waals surface area (Å²) < 4.78 is 5.41. The van der Waals surface area contributed by atoms with Gasteiger partial charge in [0.25, 0.3) is 11.6 Å². The normalized spacial score (nSPS) is 14.8. The highest BCUT2D eigenvalue weighted by Gasteiger charge is 2.26. The highest BCUT2D eigenvalue weighted by molar-refractivity contribution is 6.33. The van der Waals surface area contributed by atoms with Gasteiger partial charge < -0.3 is 9.64 Å². The molecule has 1 amide bonds. The lowest BCUT2D eigenvalue weighted by Crippen LogP contribution is -2.39. The Labute approximate surface area is 162 Å². The lowest BCUT2D eigenvalue weighted by molar-refractivity contribution is -0.384. The predicted octanol–water partition coefficient (Wildman–Crippen LogP) is 4.35. The largest absolute Gasteiger partial charge is 0.496 e. The van der Waals surface area contributed by atoms with Crippen LogP contribution in [0.15, 0.2) is 42.5 Å². The number of hydrogen-bond donors (Lipinski definition) is 0. The number of halogens is 1. The molecule has 1 aliphatic heterocycles. The number of hydrogen-bond acceptors (Lipinski definition) is 4. The maximum atomic E-state index is 12.8. The summed E-state index contributed by atoms with van der Waals surface area (Å²) in [5.41, 5.74) is 1.23. The minimum Gasteiger partial charge on any atom is -0.496 e. The molecule has 0 atom stereocenters. The first-order chi connectivity index (χ1) is 13.0. The Morgan fingerprint density at radius 2 is 1.96 bits per heavy atom. The van der Waals surface area contributed by atoms with Crippen LogP contribution >= 0.6 is 11.6 Å². The van der Waals surface area contributed by atoms with Crippen molar-refractivity contribution in [1.29, 1.82) is 0 Å². The number of carbonyl (C=O) groups excluding carboxylic acids is 1. The Hall–Kier alpha value is -2.60. The van der Waals surface area contributed by atoms with E-state index in [9.17, 15) is 14.9 Å². The van der Waals surface area contributed by atoms with Gasteiger partial charge in [0.2, 0.25) is 0 Å². The number of para-hydroxylation sites is 1. The highest BCUT2D eigenvalue weighted by Crippen LogP contribution is 2.29. The minimum atomic E-state index is -0.521. The molecule has 0 aliphatic carbocycles. The fourth-order valence-corrected chi connectivity index (χ4v) is 3.68. The Kier molecular flexibility index (Phi) is 5.96. The lowest BCUT2D eigenvalue weighted by atomic mass is 9.89. The quantitative estimate of drug-likeness (QED) is 0.563. The Morgan fingerprint density at radius 1 is 1.26 bits per heavy atom. The molecule has 2 aromatic carbocycles. The van der Waals surface area contributed by atoms with Crippen LogP contribution in [0.2, 0.25) is 5.02 Å². The average Bonchev–Trinajstić information content (AvgIpc) is 2.68. The van der Waals surface area contributed by atoms with Gasteiger partial charge in [0.1, 0.15) is 5.75 Å². The zero-order valence-electron chi connectivity index (χ0n) is 15.1. The molecule has 1 saturated heterocycles. The van der Waals surface area contributed by atoms with Crippen molar-refractivity contribution in [1.82, 2.24) is 4.90 Å². The van der Waals surface area contributed by atoms with Crippen molar-refractivity contribution >= 4 is 23.2 Å². The number of nitrogens with zero attached hydrogens (tertiary/aromatic N) is 2. The molecule has 0 bridgehead atoms. The van der Waals surface area contributed by atoms with Gasteiger partial charge >= 0.3 is 0 Å². The first kappa shape index (κ1) is 19.2. The smallest absolute Gasteiger partial charge is 0.270 e. The number of benzene rings is 2. The second-order valence-corrected chi connectivity index (χ2v) is 7.08. The van der Waals surface area contributed by atoms with E-state index in [1.807, 2.05) is 18.2 Å². The fourth-order valence-electron chi connectivity index (χ4n) is 3.48. The summed E-state index contributed by atoms with van der Waals surface area (Å²) in [4.78, 5) is 24.9. The predicted molar refractivity (Wildman–Crippen MR) is 103 cm³/mol. The number of likely N-dealkylation sites (tertiary alicyclic amines) is 1. The lowest BCUT2D eigenvalue weighted by Gasteiger charge is -2.32. The Balaban J connectivity index is 1.64. The topological polar surface area (TPSA) is 72.7 Å². The van der Waals surface area contributed by atoms with E-state index in [2.05, 4.69) is 6.07 Å². The first-order valence-corrected chi connectivity index (χ1v) is 9.22. The third-order valence-electron chi connectivity index (χ3n) is 4.99. The molecule has 142 valence electrons. The van der Waals surface area contributed by atoms with Crippen LogP contribution in [0.25, 0.3) is 0 Å². The van der Waals surface area contributed by atoms with E-state index >= 15 is 0 Å². The van der Waals surface area contributed by atoms with Gasteiger partial charge in [-0.1, -0.05) is 29.8 Å². The summed E-state index contributed by atoms with van der Waals surface area (Å²) in [6, 6.07) is 11.9. The number of nitro groups is 1. The number of rotatable bonds is 5. The van der Waals surface area contributed by atoms with Crippen LogP contribution in [0.3, 0.4) is 0 Å². The summed E-state index contributed by atoms with van der Waals surface area (Å²) in [6.07, 6.45) is 2.65. The molecule has 1 fully saturated rings. The number of amides is 1. The van der Waals surface area contributed by atoms with Crippen LogP contribution in [0.5, 0.6) is 5.75 Å². The SMILES string of the molecule is COc1ccccc1CC1CCN(C(=O)c2cc([N+](=O)[O-])ccc2Cl)CC1. The molecule has 1 heterocycles. The number of non-ortho nitro benzene ring substituents is 1. The Morgan fingerprint density at radius 3 is 2.63 bits per heavy atom. The minimum absolute atomic E-state index is 0.131. The van der Waals surface area contributed by atoms with E-state index in [1.165, 1.54) is 23.8 Å². The first-order valence-electron chi connectivity index (χ1n) is 8.84. The van der Waals surface area contributed by atoms with Gasteiger partial charge in [-0.15, -0.1) is 0 Å². The van der Waals surface area contributed by atoms with Crippen LogP contribution in [-0.4, -0.2) is 35.9 Å². The second kappa shape index (κ2) is 8.39. The van der Waals surface area contributed by atoms with Gasteiger partial charge in [-0.2, -0.15) is 0 Å². The molecule has 0 spiro atoms. The zero-order chi connectivity index (χ0) is 19.4. The molecule has 6 nitrogen and oxygen atoms in total. The summed E-state index contributed by atoms with van der Waals surface area (Å²) >= 11 is 6.10. The standard InChI is InChI=1S/C20H21ClN2O4/c1-27-19-5-3-2-4-15(19)12-14-8-10-22(11-9-14)20(24)17-13-16(23(25)26)6-7-18(17)21/h2-7,13-14H,8-12H2,1H3. The van der Waals surface area contributed by atoms with Crippen LogP contribution in [0.1, 0.15) is 28.8 Å². The van der Waals surface area contributed by atoms with Crippen LogP contribution in [-0.2, 0) is 6.42 Å². The van der Waals surface area contributed by atoms with E-state index in [-0.39, 0.29) is 22.2 Å². The molecule has 27 heavy (non-hydrogen) atoms. The van der Waals surface area contributed by atoms with Gasteiger partial charge in [-0.3, -0.25) is 14.9 Å². The molecule has 0 radical (unpaired) electrons. The van der Waals surface area contributed by atoms with Gasteiger partial charge in [-0.25, -0.2) is 0 Å². The summed E-state index contributed by atoms with van der Waals surface area (Å²) in [5, 5.41) is 11.2. The molecular formula is C20H21ClN2O4. The third-order valence-corrected chi connectivity index (χ3v) is 5.32. The number of nitro benzene ring substituents is 1. The maximum absolute atomic E-state index is 12.8. The molecular weight excluding hydrogens is 368 g/mol. The van der Waals surface area contributed by atoms with E-state index in [0.717, 1.165) is 25.0 Å². The van der Waals surface area contributed by atoms with Crippen molar-refractivity contribution in [2.75, 3.05) is 20.2 Å². The van der Waals surface area contributed by atoms with Crippen LogP contribution in [0.4, 0.5) is 5.69 Å². The number of carbonyl (C=O) groups is 1. The van der Waals surface area contributed by atoms with Crippen molar-refractivity contribution in [2.24, 2.45) is 5.92 Å². The molecule has 1 aliphatic rings. The van der Waals surface area contributed by atoms with E-state index in [1.54, 1.807) is 12.0 Å². The van der Waals surface area contributed by atoms with Gasteiger partial charge in [-0.05, 0) is 42.9 Å². The number of piperidine rings is 1.